The number of hydrogen-bond acceptors (Lipinski definition) is 6. The van der Waals surface area contributed by atoms with E-state index in [0.29, 0.717) is 6.42 Å². The second-order valence-corrected chi connectivity index (χ2v) is 7.49. The molecule has 128 valence electrons. The lowest BCUT2D eigenvalue weighted by Gasteiger charge is -2.08. The van der Waals surface area contributed by atoms with Gasteiger partial charge in [0.1, 0.15) is 11.3 Å². The van der Waals surface area contributed by atoms with Gasteiger partial charge >= 0.3 is 11.9 Å². The van der Waals surface area contributed by atoms with Gasteiger partial charge in [-0.3, -0.25) is 4.79 Å². The lowest BCUT2D eigenvalue weighted by Crippen LogP contribution is -2.12. The van der Waals surface area contributed by atoms with Crippen molar-refractivity contribution in [1.29, 1.82) is 0 Å². The van der Waals surface area contributed by atoms with Crippen molar-refractivity contribution in [3.63, 3.8) is 0 Å². The Morgan fingerprint density at radius 3 is 2.39 bits per heavy atom. The minimum Gasteiger partial charge on any atom is -0.462 e. The van der Waals surface area contributed by atoms with Crippen LogP contribution in [0.25, 0.3) is 0 Å². The summed E-state index contributed by atoms with van der Waals surface area (Å²) in [7, 11) is 3.98. The molecule has 0 bridgehead atoms. The van der Waals surface area contributed by atoms with Crippen molar-refractivity contribution in [3.8, 4) is 5.75 Å². The smallest absolute Gasteiger partial charge is 0.341 e. The van der Waals surface area contributed by atoms with Crippen LogP contribution in [0.15, 0.2) is 24.3 Å². The summed E-state index contributed by atoms with van der Waals surface area (Å²) in [6.07, 6.45) is 3.48. The number of rotatable bonds is 6. The number of esters is 2. The average molecular weight is 357 g/mol. The van der Waals surface area contributed by atoms with Gasteiger partial charge in [0.05, 0.1) is 6.61 Å². The zero-order chi connectivity index (χ0) is 16.9. The van der Waals surface area contributed by atoms with Crippen molar-refractivity contribution >= 4 is 33.5 Å². The molecule has 0 spiro atoms. The van der Waals surface area contributed by atoms with E-state index in [9.17, 15) is 9.59 Å². The summed E-state index contributed by atoms with van der Waals surface area (Å²) >= 11 is 0. The highest BCUT2D eigenvalue weighted by atomic mass is 33.1. The van der Waals surface area contributed by atoms with Gasteiger partial charge in [-0.2, -0.15) is 0 Å². The standard InChI is InChI=1S/C14H18O4.C3H6S2/c1-3-5-10-13(15)18-12-9-7-6-8-11(12)14(16)17-4-2;1-2-4-5-3-1/h6-9H,3-5,10H2,1-2H3;1-3H2. The van der Waals surface area contributed by atoms with E-state index in [4.69, 9.17) is 9.47 Å². The summed E-state index contributed by atoms with van der Waals surface area (Å²) in [4.78, 5) is 23.2. The van der Waals surface area contributed by atoms with Gasteiger partial charge in [0, 0.05) is 17.9 Å². The zero-order valence-electron chi connectivity index (χ0n) is 13.7. The highest BCUT2D eigenvalue weighted by molar-refractivity contribution is 8.77. The molecule has 6 heteroatoms. The molecule has 0 aliphatic carbocycles. The number of para-hydroxylation sites is 1. The minimum atomic E-state index is -0.476. The number of carbonyl (C=O) groups excluding carboxylic acids is 2. The van der Waals surface area contributed by atoms with Crippen LogP contribution in [-0.4, -0.2) is 30.1 Å². The molecule has 2 rings (SSSR count). The molecule has 0 radical (unpaired) electrons. The van der Waals surface area contributed by atoms with Crippen LogP contribution in [-0.2, 0) is 9.53 Å². The maximum atomic E-state index is 11.6. The third-order valence-electron chi connectivity index (χ3n) is 2.88. The van der Waals surface area contributed by atoms with E-state index in [0.717, 1.165) is 12.8 Å². The third kappa shape index (κ3) is 8.32. The first-order valence-electron chi connectivity index (χ1n) is 7.90. The minimum absolute atomic E-state index is 0.261. The Bertz CT molecular complexity index is 480. The molecule has 1 heterocycles. The molecule has 0 N–H and O–H groups in total. The number of carbonyl (C=O) groups is 2. The molecule has 0 atom stereocenters. The first-order chi connectivity index (χ1) is 11.2. The molecular formula is C17H24O4S2. The van der Waals surface area contributed by atoms with Crippen LogP contribution in [0.2, 0.25) is 0 Å². The van der Waals surface area contributed by atoms with Crippen LogP contribution < -0.4 is 4.74 Å². The van der Waals surface area contributed by atoms with Crippen molar-refractivity contribution in [2.75, 3.05) is 18.1 Å². The van der Waals surface area contributed by atoms with E-state index in [-0.39, 0.29) is 23.9 Å². The predicted molar refractivity (Wildman–Crippen MR) is 97.1 cm³/mol. The zero-order valence-corrected chi connectivity index (χ0v) is 15.3. The average Bonchev–Trinajstić information content (AvgIpc) is 3.13. The SMILES string of the molecule is C1CSSC1.CCCCC(=O)Oc1ccccc1C(=O)OCC. The highest BCUT2D eigenvalue weighted by Gasteiger charge is 2.15. The van der Waals surface area contributed by atoms with Gasteiger partial charge in [0.15, 0.2) is 0 Å². The van der Waals surface area contributed by atoms with Crippen LogP contribution in [0.1, 0.15) is 49.9 Å². The highest BCUT2D eigenvalue weighted by Crippen LogP contribution is 2.29. The first-order valence-corrected chi connectivity index (χ1v) is 10.4. The number of ether oxygens (including phenoxy) is 2. The van der Waals surface area contributed by atoms with Crippen molar-refractivity contribution in [2.24, 2.45) is 0 Å². The fraction of sp³-hybridized carbons (Fsp3) is 0.529. The van der Waals surface area contributed by atoms with Crippen LogP contribution >= 0.6 is 21.6 Å². The summed E-state index contributed by atoms with van der Waals surface area (Å²) in [5, 5.41) is 0. The lowest BCUT2D eigenvalue weighted by atomic mass is 10.2. The molecule has 1 aliphatic rings. The second-order valence-electron chi connectivity index (χ2n) is 4.79. The quantitative estimate of drug-likeness (QED) is 0.417. The van der Waals surface area contributed by atoms with Crippen LogP contribution in [0.4, 0.5) is 0 Å². The number of hydrogen-bond donors (Lipinski definition) is 0. The van der Waals surface area contributed by atoms with E-state index in [1.54, 1.807) is 31.2 Å². The molecular weight excluding hydrogens is 332 g/mol. The maximum absolute atomic E-state index is 11.6. The Hall–Kier alpha value is -1.14. The fourth-order valence-electron chi connectivity index (χ4n) is 1.72. The van der Waals surface area contributed by atoms with E-state index < -0.39 is 5.97 Å². The first kappa shape index (κ1) is 19.9. The topological polar surface area (TPSA) is 52.6 Å². The number of unbranched alkanes of at least 4 members (excludes halogenated alkanes) is 1. The van der Waals surface area contributed by atoms with E-state index in [1.165, 1.54) is 17.9 Å². The van der Waals surface area contributed by atoms with Crippen LogP contribution in [0, 0.1) is 0 Å². The summed E-state index contributed by atoms with van der Waals surface area (Å²) in [5.74, 6) is 2.22. The predicted octanol–water partition coefficient (Wildman–Crippen LogP) is 4.73. The second kappa shape index (κ2) is 12.3. The Morgan fingerprint density at radius 1 is 1.13 bits per heavy atom. The van der Waals surface area contributed by atoms with Gasteiger partial charge in [-0.05, 0) is 31.9 Å². The molecule has 4 nitrogen and oxygen atoms in total. The normalized spacial score (nSPS) is 13.0. The summed E-state index contributed by atoms with van der Waals surface area (Å²) in [5.41, 5.74) is 0.282. The molecule has 0 aromatic heterocycles. The fourth-order valence-corrected chi connectivity index (χ4v) is 4.08. The van der Waals surface area contributed by atoms with Gasteiger partial charge in [-0.25, -0.2) is 4.79 Å². The molecule has 0 amide bonds. The monoisotopic (exact) mass is 356 g/mol. The molecule has 1 saturated heterocycles. The van der Waals surface area contributed by atoms with E-state index >= 15 is 0 Å². The molecule has 23 heavy (non-hydrogen) atoms. The lowest BCUT2D eigenvalue weighted by molar-refractivity contribution is -0.134. The van der Waals surface area contributed by atoms with Gasteiger partial charge in [0.2, 0.25) is 0 Å². The van der Waals surface area contributed by atoms with Gasteiger partial charge in [0.25, 0.3) is 0 Å². The largest absolute Gasteiger partial charge is 0.462 e. The number of benzene rings is 1. The molecule has 0 unspecified atom stereocenters. The Balaban J connectivity index is 0.000000446. The summed E-state index contributed by atoms with van der Waals surface area (Å²) in [6, 6.07) is 6.59. The molecule has 1 aliphatic heterocycles. The summed E-state index contributed by atoms with van der Waals surface area (Å²) in [6.45, 7) is 4.02. The van der Waals surface area contributed by atoms with E-state index in [1.807, 2.05) is 28.5 Å². The van der Waals surface area contributed by atoms with Crippen LogP contribution in [0.3, 0.4) is 0 Å². The Kier molecular flexibility index (Phi) is 10.6. The maximum Gasteiger partial charge on any atom is 0.341 e. The third-order valence-corrected chi connectivity index (χ3v) is 5.46. The van der Waals surface area contributed by atoms with Crippen molar-refractivity contribution < 1.29 is 19.1 Å². The molecule has 1 aromatic rings. The van der Waals surface area contributed by atoms with Crippen molar-refractivity contribution in [2.45, 2.75) is 39.5 Å². The van der Waals surface area contributed by atoms with Crippen molar-refractivity contribution in [3.05, 3.63) is 29.8 Å². The van der Waals surface area contributed by atoms with Gasteiger partial charge in [-0.1, -0.05) is 47.1 Å². The molecule has 0 saturated carbocycles. The summed E-state index contributed by atoms with van der Waals surface area (Å²) < 4.78 is 10.1. The Labute approximate surface area is 146 Å². The van der Waals surface area contributed by atoms with Gasteiger partial charge in [-0.15, -0.1) is 0 Å². The van der Waals surface area contributed by atoms with Crippen molar-refractivity contribution in [1.82, 2.24) is 0 Å². The molecule has 1 fully saturated rings. The Morgan fingerprint density at radius 2 is 1.83 bits per heavy atom. The van der Waals surface area contributed by atoms with Crippen LogP contribution in [0.5, 0.6) is 5.75 Å². The van der Waals surface area contributed by atoms with E-state index in [2.05, 4.69) is 0 Å². The van der Waals surface area contributed by atoms with Gasteiger partial charge < -0.3 is 9.47 Å². The molecule has 1 aromatic carbocycles.